The van der Waals surface area contributed by atoms with Crippen LogP contribution in [0.3, 0.4) is 0 Å². The SMILES string of the molecule is CN=C1SC(CC(=O)Nc2cccc(C(C)=O)c2)C(=O)N1/N=C/c1ccc2cc(OC)ccc2c1. The summed E-state index contributed by atoms with van der Waals surface area (Å²) in [5.41, 5.74) is 1.83. The molecule has 1 heterocycles. The number of hydrazone groups is 1. The highest BCUT2D eigenvalue weighted by Gasteiger charge is 2.39. The number of hydrogen-bond acceptors (Lipinski definition) is 7. The maximum atomic E-state index is 13.0. The fourth-order valence-electron chi connectivity index (χ4n) is 3.61. The summed E-state index contributed by atoms with van der Waals surface area (Å²) in [6, 6.07) is 18.3. The van der Waals surface area contributed by atoms with Gasteiger partial charge in [-0.25, -0.2) is 0 Å². The molecule has 1 atom stereocenters. The van der Waals surface area contributed by atoms with E-state index < -0.39 is 5.25 Å². The van der Waals surface area contributed by atoms with Gasteiger partial charge in [-0.2, -0.15) is 10.1 Å². The number of methoxy groups -OCH3 is 1. The molecule has 1 unspecified atom stereocenters. The molecule has 0 aliphatic carbocycles. The van der Waals surface area contributed by atoms with Crippen molar-refractivity contribution in [2.75, 3.05) is 19.5 Å². The lowest BCUT2D eigenvalue weighted by Crippen LogP contribution is -2.29. The van der Waals surface area contributed by atoms with Gasteiger partial charge < -0.3 is 10.1 Å². The van der Waals surface area contributed by atoms with Crippen LogP contribution in [0.25, 0.3) is 10.8 Å². The summed E-state index contributed by atoms with van der Waals surface area (Å²) in [4.78, 5) is 41.3. The Morgan fingerprint density at radius 3 is 2.63 bits per heavy atom. The first kappa shape index (κ1) is 24.2. The largest absolute Gasteiger partial charge is 0.497 e. The van der Waals surface area contributed by atoms with Crippen LogP contribution in [0.2, 0.25) is 0 Å². The van der Waals surface area contributed by atoms with Crippen LogP contribution in [0.5, 0.6) is 5.75 Å². The van der Waals surface area contributed by atoms with Crippen LogP contribution in [0.1, 0.15) is 29.3 Å². The number of ether oxygens (including phenoxy) is 1. The first-order chi connectivity index (χ1) is 16.9. The molecule has 1 aliphatic heterocycles. The molecule has 0 radical (unpaired) electrons. The molecule has 3 aromatic rings. The number of ketones is 1. The summed E-state index contributed by atoms with van der Waals surface area (Å²) < 4.78 is 5.26. The zero-order valence-electron chi connectivity index (χ0n) is 19.5. The van der Waals surface area contributed by atoms with E-state index in [4.69, 9.17) is 4.74 Å². The first-order valence-corrected chi connectivity index (χ1v) is 11.8. The van der Waals surface area contributed by atoms with E-state index in [-0.39, 0.29) is 24.0 Å². The number of Topliss-reactive ketones (excluding diaryl/α,β-unsaturated/α-hetero) is 1. The molecule has 1 saturated heterocycles. The molecule has 4 rings (SSSR count). The number of rotatable bonds is 7. The summed E-state index contributed by atoms with van der Waals surface area (Å²) in [6.07, 6.45) is 1.56. The molecule has 3 aromatic carbocycles. The second-order valence-corrected chi connectivity index (χ2v) is 9.04. The monoisotopic (exact) mass is 488 g/mol. The Kier molecular flexibility index (Phi) is 7.26. The van der Waals surface area contributed by atoms with Crippen LogP contribution in [0.4, 0.5) is 5.69 Å². The minimum absolute atomic E-state index is 0.0450. The van der Waals surface area contributed by atoms with Crippen LogP contribution in [-0.4, -0.2) is 53.4 Å². The highest BCUT2D eigenvalue weighted by molar-refractivity contribution is 8.15. The summed E-state index contributed by atoms with van der Waals surface area (Å²) in [7, 11) is 3.21. The maximum Gasteiger partial charge on any atom is 0.263 e. The van der Waals surface area contributed by atoms with Gasteiger partial charge in [0.15, 0.2) is 11.0 Å². The van der Waals surface area contributed by atoms with Gasteiger partial charge in [-0.15, -0.1) is 0 Å². The Hall–Kier alpha value is -3.98. The Morgan fingerprint density at radius 1 is 1.11 bits per heavy atom. The summed E-state index contributed by atoms with van der Waals surface area (Å²) in [5, 5.41) is 10.2. The number of carbonyl (C=O) groups excluding carboxylic acids is 3. The van der Waals surface area contributed by atoms with Crippen molar-refractivity contribution in [3.05, 3.63) is 71.8 Å². The number of anilines is 1. The molecule has 0 spiro atoms. The second kappa shape index (κ2) is 10.5. The Balaban J connectivity index is 1.44. The third-order valence-electron chi connectivity index (χ3n) is 5.42. The van der Waals surface area contributed by atoms with Crippen LogP contribution in [0.15, 0.2) is 70.8 Å². The van der Waals surface area contributed by atoms with Crippen LogP contribution in [-0.2, 0) is 9.59 Å². The van der Waals surface area contributed by atoms with Gasteiger partial charge in [0, 0.05) is 24.7 Å². The standard InChI is InChI=1S/C26H24N4O4S/c1-16(31)18-5-4-6-21(12-18)29-24(32)14-23-25(33)30(26(27-2)35-23)28-15-17-7-8-20-13-22(34-3)10-9-19(20)11-17/h4-13,15,23H,14H2,1-3H3,(H,29,32)/b27-26?,28-15+. The van der Waals surface area contributed by atoms with Crippen molar-refractivity contribution in [2.45, 2.75) is 18.6 Å². The van der Waals surface area contributed by atoms with Crippen molar-refractivity contribution < 1.29 is 19.1 Å². The average molecular weight is 489 g/mol. The third kappa shape index (κ3) is 5.58. The van der Waals surface area contributed by atoms with Gasteiger partial charge in [-0.05, 0) is 53.6 Å². The van der Waals surface area contributed by atoms with Crippen LogP contribution < -0.4 is 10.1 Å². The van der Waals surface area contributed by atoms with E-state index in [2.05, 4.69) is 15.4 Å². The number of carbonyl (C=O) groups is 3. The number of nitrogens with zero attached hydrogens (tertiary/aromatic N) is 3. The third-order valence-corrected chi connectivity index (χ3v) is 6.64. The van der Waals surface area contributed by atoms with E-state index in [9.17, 15) is 14.4 Å². The zero-order chi connectivity index (χ0) is 24.9. The summed E-state index contributed by atoms with van der Waals surface area (Å²) in [5.74, 6) is 0.0444. The lowest BCUT2D eigenvalue weighted by Gasteiger charge is -2.10. The van der Waals surface area contributed by atoms with Gasteiger partial charge in [-0.3, -0.25) is 19.4 Å². The highest BCUT2D eigenvalue weighted by atomic mass is 32.2. The van der Waals surface area contributed by atoms with Gasteiger partial charge in [0.05, 0.1) is 13.3 Å². The van der Waals surface area contributed by atoms with Crippen molar-refractivity contribution in [1.82, 2.24) is 5.01 Å². The highest BCUT2D eigenvalue weighted by Crippen LogP contribution is 2.30. The molecule has 1 fully saturated rings. The topological polar surface area (TPSA) is 100 Å². The van der Waals surface area contributed by atoms with Gasteiger partial charge in [0.2, 0.25) is 5.91 Å². The van der Waals surface area contributed by atoms with Crippen LogP contribution >= 0.6 is 11.8 Å². The first-order valence-electron chi connectivity index (χ1n) is 10.9. The molecule has 8 nitrogen and oxygen atoms in total. The molecule has 35 heavy (non-hydrogen) atoms. The molecule has 0 bridgehead atoms. The van der Waals surface area contributed by atoms with Gasteiger partial charge in [-0.1, -0.05) is 42.1 Å². The van der Waals surface area contributed by atoms with Crippen molar-refractivity contribution in [1.29, 1.82) is 0 Å². The summed E-state index contributed by atoms with van der Waals surface area (Å²) >= 11 is 1.20. The Morgan fingerprint density at radius 2 is 1.89 bits per heavy atom. The smallest absolute Gasteiger partial charge is 0.263 e. The molecule has 9 heteroatoms. The molecule has 1 aliphatic rings. The molecule has 178 valence electrons. The van der Waals surface area contributed by atoms with Gasteiger partial charge >= 0.3 is 0 Å². The predicted molar refractivity (Wildman–Crippen MR) is 139 cm³/mol. The number of benzene rings is 3. The van der Waals surface area contributed by atoms with E-state index >= 15 is 0 Å². The van der Waals surface area contributed by atoms with E-state index in [1.54, 1.807) is 44.6 Å². The van der Waals surface area contributed by atoms with Crippen molar-refractivity contribution in [3.8, 4) is 5.75 Å². The number of aliphatic imine (C=N–C) groups is 1. The van der Waals surface area contributed by atoms with E-state index in [0.717, 1.165) is 22.1 Å². The Labute approximate surface area is 207 Å². The number of thioether (sulfide) groups is 1. The number of amidine groups is 1. The fraction of sp³-hybridized carbons (Fsp3) is 0.192. The molecule has 1 N–H and O–H groups in total. The normalized spacial score (nSPS) is 16.9. The minimum Gasteiger partial charge on any atom is -0.497 e. The molecular formula is C26H24N4O4S. The number of amides is 2. The molecule has 2 amide bonds. The van der Waals surface area contributed by atoms with Crippen molar-refractivity contribution in [3.63, 3.8) is 0 Å². The average Bonchev–Trinajstić information content (AvgIpc) is 3.16. The van der Waals surface area contributed by atoms with Gasteiger partial charge in [0.25, 0.3) is 5.91 Å². The molecule has 0 saturated carbocycles. The molecule has 0 aromatic heterocycles. The lowest BCUT2D eigenvalue weighted by molar-refractivity contribution is -0.128. The molecular weight excluding hydrogens is 464 g/mol. The Bertz CT molecular complexity index is 1370. The predicted octanol–water partition coefficient (Wildman–Crippen LogP) is 4.34. The fourth-order valence-corrected chi connectivity index (χ4v) is 4.64. The lowest BCUT2D eigenvalue weighted by atomic mass is 10.1. The quantitative estimate of drug-likeness (QED) is 0.394. The van der Waals surface area contributed by atoms with Crippen molar-refractivity contribution in [2.24, 2.45) is 10.1 Å². The number of fused-ring (bicyclic) bond motifs is 1. The zero-order valence-corrected chi connectivity index (χ0v) is 20.3. The van der Waals surface area contributed by atoms with E-state index in [1.165, 1.54) is 23.7 Å². The van der Waals surface area contributed by atoms with E-state index in [0.29, 0.717) is 16.4 Å². The number of nitrogens with one attached hydrogen (secondary N) is 1. The van der Waals surface area contributed by atoms with E-state index in [1.807, 2.05) is 36.4 Å². The maximum absolute atomic E-state index is 13.0. The number of hydrogen-bond donors (Lipinski definition) is 1. The van der Waals surface area contributed by atoms with Gasteiger partial charge in [0.1, 0.15) is 11.0 Å². The minimum atomic E-state index is -0.647. The summed E-state index contributed by atoms with van der Waals surface area (Å²) in [6.45, 7) is 1.46. The second-order valence-electron chi connectivity index (χ2n) is 7.87. The van der Waals surface area contributed by atoms with Crippen LogP contribution in [0, 0.1) is 0 Å². The van der Waals surface area contributed by atoms with Crippen molar-refractivity contribution >= 4 is 57.2 Å².